The van der Waals surface area contributed by atoms with Crippen molar-refractivity contribution >= 4 is 21.6 Å². The van der Waals surface area contributed by atoms with Crippen molar-refractivity contribution < 1.29 is 5.11 Å². The maximum Gasteiger partial charge on any atom is 0.0702 e. The molecule has 0 amide bonds. The van der Waals surface area contributed by atoms with Crippen molar-refractivity contribution in [3.8, 4) is 0 Å². The molecule has 3 rings (SSSR count). The van der Waals surface area contributed by atoms with Crippen molar-refractivity contribution in [3.63, 3.8) is 0 Å². The van der Waals surface area contributed by atoms with E-state index in [0.717, 1.165) is 23.1 Å². The Morgan fingerprint density at radius 3 is 2.40 bits per heavy atom. The molecule has 20 heavy (non-hydrogen) atoms. The van der Waals surface area contributed by atoms with E-state index in [2.05, 4.69) is 26.9 Å². The van der Waals surface area contributed by atoms with Crippen molar-refractivity contribution in [1.82, 2.24) is 0 Å². The van der Waals surface area contributed by atoms with E-state index >= 15 is 0 Å². The van der Waals surface area contributed by atoms with E-state index in [-0.39, 0.29) is 6.61 Å². The topological polar surface area (TPSA) is 23.5 Å². The molecule has 1 heterocycles. The Morgan fingerprint density at radius 1 is 1.05 bits per heavy atom. The van der Waals surface area contributed by atoms with Crippen LogP contribution in [0.2, 0.25) is 0 Å². The molecule has 1 saturated carbocycles. The highest BCUT2D eigenvalue weighted by Crippen LogP contribution is 2.45. The molecule has 3 heteroatoms. The zero-order chi connectivity index (χ0) is 14.0. The summed E-state index contributed by atoms with van der Waals surface area (Å²) in [5.41, 5.74) is 2.90. The third-order valence-electron chi connectivity index (χ3n) is 5.30. The maximum atomic E-state index is 9.54. The van der Waals surface area contributed by atoms with Crippen LogP contribution in [-0.4, -0.2) is 18.2 Å². The Bertz CT molecular complexity index is 458. The first kappa shape index (κ1) is 14.4. The maximum absolute atomic E-state index is 9.54. The summed E-state index contributed by atoms with van der Waals surface area (Å²) in [6.07, 6.45) is 9.82. The second kappa shape index (κ2) is 6.07. The molecule has 0 aromatic heterocycles. The van der Waals surface area contributed by atoms with Crippen LogP contribution in [0, 0.1) is 5.41 Å². The summed E-state index contributed by atoms with van der Waals surface area (Å²) in [7, 11) is 0. The summed E-state index contributed by atoms with van der Waals surface area (Å²) in [4.78, 5) is 2.47. The smallest absolute Gasteiger partial charge is 0.0702 e. The number of piperidine rings is 1. The van der Waals surface area contributed by atoms with Crippen LogP contribution in [0.5, 0.6) is 0 Å². The molecular formula is C17H24BrNO. The SMILES string of the molecule is OCc1ccc(Br)cc1N1CCC2(CCCCC2)CC1. The van der Waals surface area contributed by atoms with Crippen molar-refractivity contribution in [1.29, 1.82) is 0 Å². The number of anilines is 1. The summed E-state index contributed by atoms with van der Waals surface area (Å²) < 4.78 is 1.10. The van der Waals surface area contributed by atoms with Gasteiger partial charge in [-0.25, -0.2) is 0 Å². The number of hydrogen-bond acceptors (Lipinski definition) is 2. The summed E-state index contributed by atoms with van der Waals surface area (Å²) in [5.74, 6) is 0. The highest BCUT2D eigenvalue weighted by atomic mass is 79.9. The van der Waals surface area contributed by atoms with Crippen molar-refractivity contribution in [2.24, 2.45) is 5.41 Å². The molecule has 1 aromatic carbocycles. The number of hydrogen-bond donors (Lipinski definition) is 1. The number of aliphatic hydroxyl groups is 1. The number of nitrogens with zero attached hydrogens (tertiary/aromatic N) is 1. The van der Waals surface area contributed by atoms with Gasteiger partial charge in [0.15, 0.2) is 0 Å². The highest BCUT2D eigenvalue weighted by molar-refractivity contribution is 9.10. The lowest BCUT2D eigenvalue weighted by atomic mass is 9.68. The largest absolute Gasteiger partial charge is 0.392 e. The average Bonchev–Trinajstić information content (AvgIpc) is 2.49. The fourth-order valence-electron chi connectivity index (χ4n) is 3.99. The molecule has 0 bridgehead atoms. The van der Waals surface area contributed by atoms with Crippen LogP contribution in [0.1, 0.15) is 50.5 Å². The number of aliphatic hydroxyl groups excluding tert-OH is 1. The molecule has 1 N–H and O–H groups in total. The van der Waals surface area contributed by atoms with Crippen LogP contribution >= 0.6 is 15.9 Å². The minimum atomic E-state index is 0.129. The van der Waals surface area contributed by atoms with Crippen LogP contribution < -0.4 is 4.90 Å². The third-order valence-corrected chi connectivity index (χ3v) is 5.79. The van der Waals surface area contributed by atoms with Crippen LogP contribution in [0.3, 0.4) is 0 Å². The monoisotopic (exact) mass is 337 g/mol. The van der Waals surface area contributed by atoms with E-state index in [9.17, 15) is 5.11 Å². The standard InChI is InChI=1S/C17H24BrNO/c18-15-5-4-14(13-20)16(12-15)19-10-8-17(9-11-19)6-2-1-3-7-17/h4-5,12,20H,1-3,6-11,13H2. The van der Waals surface area contributed by atoms with Gasteiger partial charge in [0.1, 0.15) is 0 Å². The van der Waals surface area contributed by atoms with Crippen molar-refractivity contribution in [3.05, 3.63) is 28.2 Å². The van der Waals surface area contributed by atoms with E-state index in [1.165, 1.54) is 50.6 Å². The van der Waals surface area contributed by atoms with Crippen molar-refractivity contribution in [2.45, 2.75) is 51.6 Å². The van der Waals surface area contributed by atoms with E-state index < -0.39 is 0 Å². The summed E-state index contributed by atoms with van der Waals surface area (Å²) in [5, 5.41) is 9.54. The Balaban J connectivity index is 1.73. The molecule has 1 aliphatic carbocycles. The lowest BCUT2D eigenvalue weighted by molar-refractivity contribution is 0.144. The van der Waals surface area contributed by atoms with Gasteiger partial charge in [-0.2, -0.15) is 0 Å². The Hall–Kier alpha value is -0.540. The molecule has 0 unspecified atom stereocenters. The average molecular weight is 338 g/mol. The first-order valence-electron chi connectivity index (χ1n) is 7.87. The van der Waals surface area contributed by atoms with Crippen molar-refractivity contribution in [2.75, 3.05) is 18.0 Å². The Kier molecular flexibility index (Phi) is 4.37. The molecule has 1 spiro atoms. The molecule has 110 valence electrons. The Morgan fingerprint density at radius 2 is 1.75 bits per heavy atom. The van der Waals surface area contributed by atoms with E-state index in [1.807, 2.05) is 12.1 Å². The Labute approximate surface area is 130 Å². The van der Waals surface area contributed by atoms with Gasteiger partial charge in [-0.05, 0) is 43.2 Å². The fraction of sp³-hybridized carbons (Fsp3) is 0.647. The second-order valence-corrected chi connectivity index (χ2v) is 7.39. The van der Waals surface area contributed by atoms with Gasteiger partial charge in [-0.3, -0.25) is 0 Å². The molecule has 0 radical (unpaired) electrons. The van der Waals surface area contributed by atoms with Gasteiger partial charge >= 0.3 is 0 Å². The first-order valence-corrected chi connectivity index (χ1v) is 8.66. The molecule has 2 nitrogen and oxygen atoms in total. The lowest BCUT2D eigenvalue weighted by Gasteiger charge is -2.45. The number of halogens is 1. The normalized spacial score (nSPS) is 22.2. The minimum absolute atomic E-state index is 0.129. The molecular weight excluding hydrogens is 314 g/mol. The zero-order valence-corrected chi connectivity index (χ0v) is 13.7. The van der Waals surface area contributed by atoms with Crippen LogP contribution in [0.25, 0.3) is 0 Å². The molecule has 1 saturated heterocycles. The minimum Gasteiger partial charge on any atom is -0.392 e. The molecule has 2 aliphatic rings. The van der Waals surface area contributed by atoms with Gasteiger partial charge in [0.05, 0.1) is 6.61 Å². The number of rotatable bonds is 2. The fourth-order valence-corrected chi connectivity index (χ4v) is 4.34. The van der Waals surface area contributed by atoms with Gasteiger partial charge in [0.2, 0.25) is 0 Å². The molecule has 1 aliphatic heterocycles. The second-order valence-electron chi connectivity index (χ2n) is 6.48. The molecule has 2 fully saturated rings. The third kappa shape index (κ3) is 2.89. The van der Waals surface area contributed by atoms with Crippen LogP contribution in [-0.2, 0) is 6.61 Å². The van der Waals surface area contributed by atoms with Gasteiger partial charge in [-0.1, -0.05) is 41.3 Å². The van der Waals surface area contributed by atoms with Gasteiger partial charge in [0, 0.05) is 28.8 Å². The van der Waals surface area contributed by atoms with E-state index in [1.54, 1.807) is 0 Å². The number of benzene rings is 1. The predicted molar refractivity (Wildman–Crippen MR) is 87.0 cm³/mol. The predicted octanol–water partition coefficient (Wildman–Crippen LogP) is 4.49. The van der Waals surface area contributed by atoms with Gasteiger partial charge in [-0.15, -0.1) is 0 Å². The van der Waals surface area contributed by atoms with Gasteiger partial charge < -0.3 is 10.0 Å². The van der Waals surface area contributed by atoms with Crippen LogP contribution in [0.4, 0.5) is 5.69 Å². The quantitative estimate of drug-likeness (QED) is 0.859. The lowest BCUT2D eigenvalue weighted by Crippen LogP contribution is -2.41. The zero-order valence-electron chi connectivity index (χ0n) is 12.1. The van der Waals surface area contributed by atoms with Crippen LogP contribution in [0.15, 0.2) is 22.7 Å². The summed E-state index contributed by atoms with van der Waals surface area (Å²) in [6, 6.07) is 6.20. The molecule has 0 atom stereocenters. The highest BCUT2D eigenvalue weighted by Gasteiger charge is 2.35. The van der Waals surface area contributed by atoms with E-state index in [4.69, 9.17) is 0 Å². The first-order chi connectivity index (χ1) is 9.72. The summed E-state index contributed by atoms with van der Waals surface area (Å²) >= 11 is 3.55. The summed E-state index contributed by atoms with van der Waals surface area (Å²) in [6.45, 7) is 2.41. The van der Waals surface area contributed by atoms with E-state index in [0.29, 0.717) is 5.41 Å². The molecule has 1 aromatic rings. The van der Waals surface area contributed by atoms with Gasteiger partial charge in [0.25, 0.3) is 0 Å².